The molecule has 1 aliphatic heterocycles. The predicted octanol–water partition coefficient (Wildman–Crippen LogP) is 3.44. The Labute approximate surface area is 155 Å². The van der Waals surface area contributed by atoms with Gasteiger partial charge in [0, 0.05) is 11.8 Å². The number of imide groups is 1. The number of benzene rings is 2. The Bertz CT molecular complexity index is 1020. The second kappa shape index (κ2) is 6.49. The molecule has 1 aliphatic rings. The van der Waals surface area contributed by atoms with E-state index in [-0.39, 0.29) is 17.7 Å². The molecular weight excluding hydrogens is 342 g/mol. The lowest BCUT2D eigenvalue weighted by molar-refractivity contribution is 0.0925. The van der Waals surface area contributed by atoms with Crippen LogP contribution >= 0.6 is 0 Å². The number of aryl methyl sites for hydroxylation is 1. The second-order valence-electron chi connectivity index (χ2n) is 6.21. The van der Waals surface area contributed by atoms with Crippen LogP contribution in [0.3, 0.4) is 0 Å². The SMILES string of the molecule is Cc1ccc(NC(=O)c2ccc(N3C(=O)c4ccccc4C3=O)cc2)nc1. The number of pyridine rings is 1. The fourth-order valence-electron chi connectivity index (χ4n) is 2.92. The zero-order valence-electron chi connectivity index (χ0n) is 14.5. The molecule has 132 valence electrons. The summed E-state index contributed by atoms with van der Waals surface area (Å²) in [5.41, 5.74) is 2.59. The molecule has 1 N–H and O–H groups in total. The molecule has 6 heteroatoms. The van der Waals surface area contributed by atoms with Gasteiger partial charge in [0.25, 0.3) is 17.7 Å². The third-order valence-corrected chi connectivity index (χ3v) is 4.33. The summed E-state index contributed by atoms with van der Waals surface area (Å²) in [6, 6.07) is 16.6. The number of carbonyl (C=O) groups is 3. The molecule has 0 saturated carbocycles. The van der Waals surface area contributed by atoms with Gasteiger partial charge >= 0.3 is 0 Å². The zero-order valence-corrected chi connectivity index (χ0v) is 14.5. The van der Waals surface area contributed by atoms with Gasteiger partial charge in [-0.1, -0.05) is 18.2 Å². The summed E-state index contributed by atoms with van der Waals surface area (Å²) in [5.74, 6) is -0.594. The Morgan fingerprint density at radius 1 is 0.889 bits per heavy atom. The highest BCUT2D eigenvalue weighted by Gasteiger charge is 2.36. The summed E-state index contributed by atoms with van der Waals surface area (Å²) >= 11 is 0. The van der Waals surface area contributed by atoms with Crippen molar-refractivity contribution in [1.29, 1.82) is 0 Å². The Balaban J connectivity index is 1.54. The second-order valence-corrected chi connectivity index (χ2v) is 6.21. The van der Waals surface area contributed by atoms with Gasteiger partial charge in [0.2, 0.25) is 0 Å². The van der Waals surface area contributed by atoms with Gasteiger partial charge in [-0.15, -0.1) is 0 Å². The molecule has 4 rings (SSSR count). The molecule has 0 bridgehead atoms. The third-order valence-electron chi connectivity index (χ3n) is 4.33. The summed E-state index contributed by atoms with van der Waals surface area (Å²) in [6.07, 6.45) is 1.67. The Morgan fingerprint density at radius 2 is 1.52 bits per heavy atom. The fourth-order valence-corrected chi connectivity index (χ4v) is 2.92. The Hall–Kier alpha value is -3.80. The van der Waals surface area contributed by atoms with Crippen molar-refractivity contribution in [2.75, 3.05) is 10.2 Å². The zero-order chi connectivity index (χ0) is 19.0. The quantitative estimate of drug-likeness (QED) is 0.728. The van der Waals surface area contributed by atoms with Gasteiger partial charge in [-0.05, 0) is 55.0 Å². The van der Waals surface area contributed by atoms with Crippen LogP contribution in [-0.2, 0) is 0 Å². The molecule has 2 aromatic carbocycles. The van der Waals surface area contributed by atoms with Gasteiger partial charge < -0.3 is 5.32 Å². The summed E-state index contributed by atoms with van der Waals surface area (Å²) in [4.78, 5) is 42.6. The first kappa shape index (κ1) is 16.7. The molecule has 3 amide bonds. The van der Waals surface area contributed by atoms with E-state index in [1.165, 1.54) is 0 Å². The highest BCUT2D eigenvalue weighted by atomic mass is 16.2. The van der Waals surface area contributed by atoms with E-state index < -0.39 is 0 Å². The lowest BCUT2D eigenvalue weighted by Crippen LogP contribution is -2.29. The van der Waals surface area contributed by atoms with Crippen LogP contribution in [0.1, 0.15) is 36.6 Å². The monoisotopic (exact) mass is 357 g/mol. The van der Waals surface area contributed by atoms with Crippen molar-refractivity contribution in [3.8, 4) is 0 Å². The molecule has 27 heavy (non-hydrogen) atoms. The van der Waals surface area contributed by atoms with E-state index in [4.69, 9.17) is 0 Å². The van der Waals surface area contributed by atoms with E-state index in [0.29, 0.717) is 28.2 Å². The summed E-state index contributed by atoms with van der Waals surface area (Å²) in [7, 11) is 0. The number of rotatable bonds is 3. The van der Waals surface area contributed by atoms with Crippen molar-refractivity contribution in [2.24, 2.45) is 0 Å². The lowest BCUT2D eigenvalue weighted by Gasteiger charge is -2.14. The normalized spacial score (nSPS) is 12.9. The van der Waals surface area contributed by atoms with Crippen LogP contribution in [0.25, 0.3) is 0 Å². The van der Waals surface area contributed by atoms with E-state index in [1.54, 1.807) is 60.8 Å². The van der Waals surface area contributed by atoms with E-state index in [0.717, 1.165) is 10.5 Å². The van der Waals surface area contributed by atoms with Crippen molar-refractivity contribution in [1.82, 2.24) is 4.98 Å². The molecule has 2 heterocycles. The number of aromatic nitrogens is 1. The maximum atomic E-state index is 12.5. The lowest BCUT2D eigenvalue weighted by atomic mass is 10.1. The van der Waals surface area contributed by atoms with Crippen LogP contribution < -0.4 is 10.2 Å². The van der Waals surface area contributed by atoms with Crippen LogP contribution in [0.2, 0.25) is 0 Å². The van der Waals surface area contributed by atoms with Crippen molar-refractivity contribution < 1.29 is 14.4 Å². The minimum absolute atomic E-state index is 0.319. The molecule has 0 radical (unpaired) electrons. The Kier molecular flexibility index (Phi) is 4.01. The minimum atomic E-state index is -0.364. The summed E-state index contributed by atoms with van der Waals surface area (Å²) in [5, 5.41) is 2.71. The van der Waals surface area contributed by atoms with Crippen LogP contribution in [0.4, 0.5) is 11.5 Å². The van der Waals surface area contributed by atoms with Gasteiger partial charge in [-0.3, -0.25) is 14.4 Å². The number of nitrogens with one attached hydrogen (secondary N) is 1. The van der Waals surface area contributed by atoms with Gasteiger partial charge in [0.15, 0.2) is 0 Å². The number of anilines is 2. The highest BCUT2D eigenvalue weighted by Crippen LogP contribution is 2.28. The first-order valence-corrected chi connectivity index (χ1v) is 8.36. The minimum Gasteiger partial charge on any atom is -0.307 e. The van der Waals surface area contributed by atoms with Crippen molar-refractivity contribution >= 4 is 29.2 Å². The molecule has 6 nitrogen and oxygen atoms in total. The van der Waals surface area contributed by atoms with Gasteiger partial charge in [-0.2, -0.15) is 0 Å². The van der Waals surface area contributed by atoms with Crippen LogP contribution in [0.5, 0.6) is 0 Å². The summed E-state index contributed by atoms with van der Waals surface area (Å²) in [6.45, 7) is 1.91. The number of carbonyl (C=O) groups excluding carboxylic acids is 3. The standard InChI is InChI=1S/C21H15N3O3/c1-13-6-11-18(22-12-13)23-19(25)14-7-9-15(10-8-14)24-20(26)16-4-2-3-5-17(16)21(24)27/h2-12H,1H3,(H,22,23,25). The van der Waals surface area contributed by atoms with Crippen LogP contribution in [0.15, 0.2) is 66.9 Å². The van der Waals surface area contributed by atoms with Gasteiger partial charge in [0.1, 0.15) is 5.82 Å². The van der Waals surface area contributed by atoms with Crippen molar-refractivity contribution in [2.45, 2.75) is 6.92 Å². The average Bonchev–Trinajstić information content (AvgIpc) is 2.95. The van der Waals surface area contributed by atoms with Crippen molar-refractivity contribution in [3.05, 3.63) is 89.1 Å². The number of hydrogen-bond acceptors (Lipinski definition) is 4. The maximum absolute atomic E-state index is 12.5. The molecule has 1 aromatic heterocycles. The topological polar surface area (TPSA) is 79.4 Å². The highest BCUT2D eigenvalue weighted by molar-refractivity contribution is 6.34. The Morgan fingerprint density at radius 3 is 2.07 bits per heavy atom. The average molecular weight is 357 g/mol. The van der Waals surface area contributed by atoms with E-state index >= 15 is 0 Å². The maximum Gasteiger partial charge on any atom is 0.266 e. The molecule has 0 spiro atoms. The van der Waals surface area contributed by atoms with Crippen molar-refractivity contribution in [3.63, 3.8) is 0 Å². The molecular formula is C21H15N3O3. The molecule has 0 aliphatic carbocycles. The van der Waals surface area contributed by atoms with E-state index in [1.807, 2.05) is 13.0 Å². The van der Waals surface area contributed by atoms with E-state index in [9.17, 15) is 14.4 Å². The molecule has 3 aromatic rings. The predicted molar refractivity (Wildman–Crippen MR) is 101 cm³/mol. The molecule has 0 saturated heterocycles. The van der Waals surface area contributed by atoms with Gasteiger partial charge in [0.05, 0.1) is 16.8 Å². The number of hydrogen-bond donors (Lipinski definition) is 1. The number of amides is 3. The first-order chi connectivity index (χ1) is 13.0. The van der Waals surface area contributed by atoms with Crippen LogP contribution in [0, 0.1) is 6.92 Å². The molecule has 0 atom stereocenters. The largest absolute Gasteiger partial charge is 0.307 e. The first-order valence-electron chi connectivity index (χ1n) is 8.36. The molecule has 0 fully saturated rings. The number of fused-ring (bicyclic) bond motifs is 1. The number of nitrogens with zero attached hydrogens (tertiary/aromatic N) is 2. The molecule has 0 unspecified atom stereocenters. The van der Waals surface area contributed by atoms with Crippen LogP contribution in [-0.4, -0.2) is 22.7 Å². The third kappa shape index (κ3) is 2.97. The fraction of sp³-hybridized carbons (Fsp3) is 0.0476. The van der Waals surface area contributed by atoms with Gasteiger partial charge in [-0.25, -0.2) is 9.88 Å². The summed E-state index contributed by atoms with van der Waals surface area (Å²) < 4.78 is 0. The van der Waals surface area contributed by atoms with E-state index in [2.05, 4.69) is 10.3 Å². The smallest absolute Gasteiger partial charge is 0.266 e.